The van der Waals surface area contributed by atoms with Crippen LogP contribution in [0.25, 0.3) is 0 Å². The molecule has 0 bridgehead atoms. The van der Waals surface area contributed by atoms with E-state index in [1.54, 1.807) is 24.3 Å². The highest BCUT2D eigenvalue weighted by atomic mass is 32.2. The number of benzene rings is 1. The number of hydrogen-bond donors (Lipinski definition) is 1. The molecule has 4 nitrogen and oxygen atoms in total. The van der Waals surface area contributed by atoms with Crippen LogP contribution in [-0.4, -0.2) is 13.9 Å². The minimum atomic E-state index is -2.79. The van der Waals surface area contributed by atoms with E-state index in [1.165, 1.54) is 0 Å². The summed E-state index contributed by atoms with van der Waals surface area (Å²) in [4.78, 5) is 0. The molecule has 0 aliphatic carbocycles. The molecule has 1 aromatic carbocycles. The summed E-state index contributed by atoms with van der Waals surface area (Å²) < 4.78 is 24.6. The first-order valence-corrected chi connectivity index (χ1v) is 4.17. The lowest BCUT2D eigenvalue weighted by Crippen LogP contribution is -1.88. The molecule has 12 heavy (non-hydrogen) atoms. The molecule has 68 valence electrons. The van der Waals surface area contributed by atoms with Crippen molar-refractivity contribution in [2.75, 3.05) is 0 Å². The van der Waals surface area contributed by atoms with Crippen molar-refractivity contribution in [3.05, 3.63) is 29.8 Å². The standard InChI is InChI=1S/C7H8O3S.H2O/c1-6-2-4-7(5-3-6)10-11(8)9;/h2-5,11H,1H3;1H2. The minimum Gasteiger partial charge on any atom is -0.412 e. The van der Waals surface area contributed by atoms with Crippen molar-refractivity contribution in [2.45, 2.75) is 6.92 Å². The van der Waals surface area contributed by atoms with E-state index in [-0.39, 0.29) is 5.48 Å². The Balaban J connectivity index is 0.00000121. The van der Waals surface area contributed by atoms with Gasteiger partial charge < -0.3 is 9.66 Å². The number of rotatable bonds is 2. The maximum atomic E-state index is 10.1. The highest BCUT2D eigenvalue weighted by molar-refractivity contribution is 7.67. The van der Waals surface area contributed by atoms with Crippen LogP contribution in [0.2, 0.25) is 0 Å². The SMILES string of the molecule is Cc1ccc(O[SH](=O)=O)cc1.O. The summed E-state index contributed by atoms with van der Waals surface area (Å²) in [6.07, 6.45) is 0. The first kappa shape index (κ1) is 10.9. The fraction of sp³-hybridized carbons (Fsp3) is 0.143. The van der Waals surface area contributed by atoms with Crippen LogP contribution in [-0.2, 0) is 11.0 Å². The van der Waals surface area contributed by atoms with Crippen LogP contribution in [0.15, 0.2) is 24.3 Å². The highest BCUT2D eigenvalue weighted by Gasteiger charge is 1.91. The second-order valence-corrected chi connectivity index (χ2v) is 2.76. The van der Waals surface area contributed by atoms with Crippen LogP contribution in [0, 0.1) is 6.92 Å². The predicted octanol–water partition coefficient (Wildman–Crippen LogP) is 0.0755. The van der Waals surface area contributed by atoms with Gasteiger partial charge in [0.05, 0.1) is 0 Å². The molecule has 0 saturated carbocycles. The van der Waals surface area contributed by atoms with E-state index in [1.807, 2.05) is 6.92 Å². The summed E-state index contributed by atoms with van der Waals surface area (Å²) >= 11 is 0. The Bertz CT molecular complexity index is 294. The van der Waals surface area contributed by atoms with Crippen molar-refractivity contribution in [2.24, 2.45) is 0 Å². The summed E-state index contributed by atoms with van der Waals surface area (Å²) in [6, 6.07) is 6.79. The van der Waals surface area contributed by atoms with E-state index < -0.39 is 11.0 Å². The Morgan fingerprint density at radius 1 is 1.17 bits per heavy atom. The molecule has 0 aliphatic heterocycles. The van der Waals surface area contributed by atoms with Gasteiger partial charge in [-0.15, -0.1) is 0 Å². The lowest BCUT2D eigenvalue weighted by molar-refractivity contribution is 0.510. The first-order chi connectivity index (χ1) is 5.18. The van der Waals surface area contributed by atoms with Gasteiger partial charge in [-0.05, 0) is 19.1 Å². The van der Waals surface area contributed by atoms with Crippen LogP contribution in [0.5, 0.6) is 5.75 Å². The van der Waals surface area contributed by atoms with Gasteiger partial charge in [0, 0.05) is 0 Å². The van der Waals surface area contributed by atoms with Crippen molar-refractivity contribution < 1.29 is 18.1 Å². The summed E-state index contributed by atoms with van der Waals surface area (Å²) in [5.74, 6) is 0.353. The van der Waals surface area contributed by atoms with Crippen molar-refractivity contribution in [3.8, 4) is 5.75 Å². The molecule has 2 N–H and O–H groups in total. The molecule has 0 aromatic heterocycles. The van der Waals surface area contributed by atoms with Gasteiger partial charge in [-0.25, -0.2) is 0 Å². The monoisotopic (exact) mass is 190 g/mol. The second-order valence-electron chi connectivity index (χ2n) is 2.13. The third-order valence-corrected chi connectivity index (χ3v) is 1.56. The van der Waals surface area contributed by atoms with E-state index in [0.717, 1.165) is 5.56 Å². The minimum absolute atomic E-state index is 0. The molecular weight excluding hydrogens is 180 g/mol. The molecule has 0 atom stereocenters. The van der Waals surface area contributed by atoms with Crippen LogP contribution in [0.4, 0.5) is 0 Å². The summed E-state index contributed by atoms with van der Waals surface area (Å²) in [5, 5.41) is 0. The van der Waals surface area contributed by atoms with Crippen LogP contribution < -0.4 is 4.18 Å². The van der Waals surface area contributed by atoms with Crippen molar-refractivity contribution >= 4 is 11.0 Å². The molecule has 1 aromatic rings. The molecule has 0 fully saturated rings. The van der Waals surface area contributed by atoms with Gasteiger partial charge in [0.15, 0.2) is 0 Å². The fourth-order valence-electron chi connectivity index (χ4n) is 0.685. The number of aryl methyl sites for hydroxylation is 1. The zero-order valence-electron chi connectivity index (χ0n) is 6.48. The topological polar surface area (TPSA) is 74.9 Å². The van der Waals surface area contributed by atoms with Crippen LogP contribution >= 0.6 is 0 Å². The molecule has 0 spiro atoms. The lowest BCUT2D eigenvalue weighted by Gasteiger charge is -1.96. The molecule has 0 heterocycles. The number of hydrogen-bond acceptors (Lipinski definition) is 3. The Kier molecular flexibility index (Phi) is 4.31. The van der Waals surface area contributed by atoms with Crippen molar-refractivity contribution in [3.63, 3.8) is 0 Å². The van der Waals surface area contributed by atoms with Crippen molar-refractivity contribution in [1.82, 2.24) is 0 Å². The normalized spacial score (nSPS) is 9.17. The maximum absolute atomic E-state index is 10.1. The molecule has 5 heteroatoms. The Labute approximate surface area is 72.3 Å². The van der Waals surface area contributed by atoms with E-state index in [9.17, 15) is 8.42 Å². The predicted molar refractivity (Wildman–Crippen MR) is 45.7 cm³/mol. The smallest absolute Gasteiger partial charge is 0.299 e. The molecule has 0 radical (unpaired) electrons. The van der Waals surface area contributed by atoms with E-state index in [2.05, 4.69) is 4.18 Å². The summed E-state index contributed by atoms with van der Waals surface area (Å²) in [7, 11) is -2.79. The van der Waals surface area contributed by atoms with E-state index in [0.29, 0.717) is 5.75 Å². The molecule has 1 rings (SSSR count). The Morgan fingerprint density at radius 3 is 2.08 bits per heavy atom. The van der Waals surface area contributed by atoms with Crippen molar-refractivity contribution in [1.29, 1.82) is 0 Å². The summed E-state index contributed by atoms with van der Waals surface area (Å²) in [6.45, 7) is 1.92. The van der Waals surface area contributed by atoms with E-state index in [4.69, 9.17) is 0 Å². The van der Waals surface area contributed by atoms with Gasteiger partial charge >= 0.3 is 0 Å². The van der Waals surface area contributed by atoms with Gasteiger partial charge in [-0.1, -0.05) is 17.7 Å². The number of thiol groups is 1. The quantitative estimate of drug-likeness (QED) is 0.671. The lowest BCUT2D eigenvalue weighted by atomic mass is 10.2. The van der Waals surface area contributed by atoms with Crippen LogP contribution in [0.3, 0.4) is 0 Å². The van der Waals surface area contributed by atoms with Gasteiger partial charge in [0.2, 0.25) is 0 Å². The zero-order valence-corrected chi connectivity index (χ0v) is 7.38. The molecule has 0 aliphatic rings. The average molecular weight is 190 g/mol. The zero-order chi connectivity index (χ0) is 8.27. The average Bonchev–Trinajstić information content (AvgIpc) is 1.93. The second kappa shape index (κ2) is 4.74. The molecule has 0 unspecified atom stereocenters. The Morgan fingerprint density at radius 2 is 1.67 bits per heavy atom. The van der Waals surface area contributed by atoms with Crippen LogP contribution in [0.1, 0.15) is 5.56 Å². The highest BCUT2D eigenvalue weighted by Crippen LogP contribution is 2.10. The largest absolute Gasteiger partial charge is 0.412 e. The van der Waals surface area contributed by atoms with Gasteiger partial charge in [-0.2, -0.15) is 8.42 Å². The van der Waals surface area contributed by atoms with Gasteiger partial charge in [-0.3, -0.25) is 0 Å². The molecular formula is C7H10O4S. The fourth-order valence-corrected chi connectivity index (χ4v) is 0.979. The Hall–Kier alpha value is -1.07. The maximum Gasteiger partial charge on any atom is 0.299 e. The molecule has 0 saturated heterocycles. The van der Waals surface area contributed by atoms with E-state index >= 15 is 0 Å². The third kappa shape index (κ3) is 3.36. The third-order valence-electron chi connectivity index (χ3n) is 1.20. The molecule has 0 amide bonds. The van der Waals surface area contributed by atoms with Gasteiger partial charge in [0.25, 0.3) is 11.0 Å². The summed E-state index contributed by atoms with van der Waals surface area (Å²) in [5.41, 5.74) is 1.07. The van der Waals surface area contributed by atoms with Gasteiger partial charge in [0.1, 0.15) is 5.75 Å². The first-order valence-electron chi connectivity index (χ1n) is 3.07.